The van der Waals surface area contributed by atoms with Crippen molar-refractivity contribution in [2.45, 2.75) is 18.9 Å². The Hall–Kier alpha value is -2.41. The van der Waals surface area contributed by atoms with Gasteiger partial charge in [-0.1, -0.05) is 17.3 Å². The van der Waals surface area contributed by atoms with Crippen LogP contribution < -0.4 is 4.74 Å². The van der Waals surface area contributed by atoms with Crippen LogP contribution in [-0.2, 0) is 11.2 Å². The van der Waals surface area contributed by atoms with Crippen molar-refractivity contribution < 1.29 is 14.1 Å². The Kier molecular flexibility index (Phi) is 4.40. The fourth-order valence-corrected chi connectivity index (χ4v) is 3.34. The summed E-state index contributed by atoms with van der Waals surface area (Å²) in [6, 6.07) is 11.3. The molecule has 7 heteroatoms. The summed E-state index contributed by atoms with van der Waals surface area (Å²) in [5.41, 5.74) is 1.38. The molecule has 0 N–H and O–H groups in total. The molecule has 1 amide bonds. The number of halogens is 1. The molecule has 1 atom stereocenters. The molecule has 128 valence electrons. The zero-order valence-corrected chi connectivity index (χ0v) is 15.0. The van der Waals surface area contributed by atoms with Crippen molar-refractivity contribution in [3.63, 3.8) is 0 Å². The number of hydrogen-bond acceptors (Lipinski definition) is 5. The number of pyridine rings is 1. The van der Waals surface area contributed by atoms with Crippen LogP contribution in [0.5, 0.6) is 5.88 Å². The predicted octanol–water partition coefficient (Wildman–Crippen LogP) is 3.21. The summed E-state index contributed by atoms with van der Waals surface area (Å²) in [5, 5.41) is 4.92. The second kappa shape index (κ2) is 6.84. The summed E-state index contributed by atoms with van der Waals surface area (Å²) in [7, 11) is 0. The summed E-state index contributed by atoms with van der Waals surface area (Å²) in [6.45, 7) is 1.22. The van der Waals surface area contributed by atoms with Crippen LogP contribution in [0.25, 0.3) is 11.0 Å². The molecule has 0 aliphatic carbocycles. The average molecular weight is 402 g/mol. The highest BCUT2D eigenvalue weighted by Crippen LogP contribution is 2.25. The lowest BCUT2D eigenvalue weighted by atomic mass is 10.1. The number of amides is 1. The third-order valence-corrected chi connectivity index (χ3v) is 4.88. The van der Waals surface area contributed by atoms with E-state index in [9.17, 15) is 4.79 Å². The molecule has 3 heterocycles. The molecule has 2 aromatic heterocycles. The molecule has 4 rings (SSSR count). The van der Waals surface area contributed by atoms with E-state index in [1.165, 1.54) is 0 Å². The normalized spacial score (nSPS) is 17.2. The fraction of sp³-hybridized carbons (Fsp3) is 0.278. The lowest BCUT2D eigenvalue weighted by molar-refractivity contribution is -0.129. The maximum atomic E-state index is 12.6. The van der Waals surface area contributed by atoms with Crippen molar-refractivity contribution in [1.29, 1.82) is 0 Å². The van der Waals surface area contributed by atoms with Gasteiger partial charge in [-0.05, 0) is 40.2 Å². The van der Waals surface area contributed by atoms with E-state index in [2.05, 4.69) is 26.1 Å². The molecule has 25 heavy (non-hydrogen) atoms. The van der Waals surface area contributed by atoms with Gasteiger partial charge < -0.3 is 14.2 Å². The van der Waals surface area contributed by atoms with E-state index in [4.69, 9.17) is 9.26 Å². The first-order chi connectivity index (χ1) is 12.2. The van der Waals surface area contributed by atoms with E-state index in [0.717, 1.165) is 16.3 Å². The molecule has 1 saturated heterocycles. The van der Waals surface area contributed by atoms with Crippen molar-refractivity contribution in [3.8, 4) is 5.88 Å². The van der Waals surface area contributed by atoms with Gasteiger partial charge in [0.05, 0.1) is 17.4 Å². The molecule has 1 aliphatic rings. The Morgan fingerprint density at radius 3 is 3.08 bits per heavy atom. The number of benzene rings is 1. The molecule has 0 spiro atoms. The van der Waals surface area contributed by atoms with Gasteiger partial charge in [0.15, 0.2) is 5.58 Å². The third kappa shape index (κ3) is 3.37. The summed E-state index contributed by atoms with van der Waals surface area (Å²) in [4.78, 5) is 18.6. The van der Waals surface area contributed by atoms with Crippen molar-refractivity contribution >= 4 is 32.8 Å². The standard InChI is InChI=1S/C18H16BrN3O3/c19-14-5-3-8-20-18(14)24-12-7-9-22(11-12)17(23)10-15-13-4-1-2-6-16(13)25-21-15/h1-6,8,12H,7,9-11H2. The molecule has 1 aliphatic heterocycles. The van der Waals surface area contributed by atoms with Gasteiger partial charge in [-0.2, -0.15) is 0 Å². The number of carbonyl (C=O) groups is 1. The highest BCUT2D eigenvalue weighted by Gasteiger charge is 2.29. The first-order valence-corrected chi connectivity index (χ1v) is 8.88. The van der Waals surface area contributed by atoms with Crippen LogP contribution in [0.2, 0.25) is 0 Å². The minimum absolute atomic E-state index is 0.0326. The monoisotopic (exact) mass is 401 g/mol. The number of carbonyl (C=O) groups excluding carboxylic acids is 1. The number of aromatic nitrogens is 2. The topological polar surface area (TPSA) is 68.5 Å². The minimum Gasteiger partial charge on any atom is -0.472 e. The fourth-order valence-electron chi connectivity index (χ4n) is 2.99. The predicted molar refractivity (Wildman–Crippen MR) is 95.3 cm³/mol. The maximum absolute atomic E-state index is 12.6. The van der Waals surface area contributed by atoms with Crippen LogP contribution in [-0.4, -0.2) is 40.1 Å². The highest BCUT2D eigenvalue weighted by molar-refractivity contribution is 9.10. The largest absolute Gasteiger partial charge is 0.472 e. The minimum atomic E-state index is -0.0517. The molecule has 3 aromatic rings. The van der Waals surface area contributed by atoms with Crippen LogP contribution in [0.4, 0.5) is 0 Å². The highest BCUT2D eigenvalue weighted by atomic mass is 79.9. The average Bonchev–Trinajstić information content (AvgIpc) is 3.25. The SMILES string of the molecule is O=C(Cc1noc2ccccc12)N1CCC(Oc2ncccc2Br)C1. The Morgan fingerprint density at radius 2 is 2.20 bits per heavy atom. The van der Waals surface area contributed by atoms with Gasteiger partial charge in [0.25, 0.3) is 0 Å². The van der Waals surface area contributed by atoms with Gasteiger partial charge in [-0.15, -0.1) is 0 Å². The van der Waals surface area contributed by atoms with Crippen LogP contribution in [0, 0.1) is 0 Å². The zero-order chi connectivity index (χ0) is 17.2. The van der Waals surface area contributed by atoms with Crippen LogP contribution in [0.1, 0.15) is 12.1 Å². The number of para-hydroxylation sites is 1. The molecular weight excluding hydrogens is 386 g/mol. The summed E-state index contributed by atoms with van der Waals surface area (Å²) in [5.74, 6) is 0.592. The van der Waals surface area contributed by atoms with Gasteiger partial charge in [0, 0.05) is 24.5 Å². The number of rotatable bonds is 4. The Morgan fingerprint density at radius 1 is 1.32 bits per heavy atom. The van der Waals surface area contributed by atoms with Crippen molar-refractivity contribution in [3.05, 3.63) is 52.8 Å². The Balaban J connectivity index is 1.40. The van der Waals surface area contributed by atoms with Gasteiger partial charge >= 0.3 is 0 Å². The van der Waals surface area contributed by atoms with Gasteiger partial charge in [0.2, 0.25) is 11.8 Å². The molecule has 0 radical (unpaired) electrons. The number of nitrogens with zero attached hydrogens (tertiary/aromatic N) is 3. The number of ether oxygens (including phenoxy) is 1. The van der Waals surface area contributed by atoms with Crippen LogP contribution >= 0.6 is 15.9 Å². The van der Waals surface area contributed by atoms with Crippen LogP contribution in [0.15, 0.2) is 51.6 Å². The Labute approximate surface area is 152 Å². The smallest absolute Gasteiger partial charge is 0.228 e. The Bertz CT molecular complexity index is 911. The molecule has 1 aromatic carbocycles. The van der Waals surface area contributed by atoms with Gasteiger partial charge in [0.1, 0.15) is 11.8 Å². The zero-order valence-electron chi connectivity index (χ0n) is 13.4. The summed E-state index contributed by atoms with van der Waals surface area (Å²) in [6.07, 6.45) is 2.66. The summed E-state index contributed by atoms with van der Waals surface area (Å²) < 4.78 is 12.0. The quantitative estimate of drug-likeness (QED) is 0.671. The van der Waals surface area contributed by atoms with Crippen LogP contribution in [0.3, 0.4) is 0 Å². The van der Waals surface area contributed by atoms with E-state index in [-0.39, 0.29) is 18.4 Å². The van der Waals surface area contributed by atoms with Crippen molar-refractivity contribution in [2.24, 2.45) is 0 Å². The molecular formula is C18H16BrN3O3. The van der Waals surface area contributed by atoms with Crippen molar-refractivity contribution in [1.82, 2.24) is 15.0 Å². The second-order valence-corrected chi connectivity index (χ2v) is 6.82. The number of fused-ring (bicyclic) bond motifs is 1. The molecule has 1 fully saturated rings. The first-order valence-electron chi connectivity index (χ1n) is 8.09. The molecule has 0 saturated carbocycles. The first kappa shape index (κ1) is 16.1. The second-order valence-electron chi connectivity index (χ2n) is 5.96. The van der Waals surface area contributed by atoms with E-state index in [0.29, 0.717) is 30.2 Å². The van der Waals surface area contributed by atoms with Crippen molar-refractivity contribution in [2.75, 3.05) is 13.1 Å². The van der Waals surface area contributed by atoms with E-state index in [1.54, 1.807) is 6.20 Å². The van der Waals surface area contributed by atoms with E-state index < -0.39 is 0 Å². The molecule has 0 bridgehead atoms. The van der Waals surface area contributed by atoms with E-state index >= 15 is 0 Å². The maximum Gasteiger partial charge on any atom is 0.228 e. The lowest BCUT2D eigenvalue weighted by Crippen LogP contribution is -2.32. The van der Waals surface area contributed by atoms with Gasteiger partial charge in [-0.25, -0.2) is 4.98 Å². The number of hydrogen-bond donors (Lipinski definition) is 0. The summed E-state index contributed by atoms with van der Waals surface area (Å²) >= 11 is 3.42. The molecule has 6 nitrogen and oxygen atoms in total. The molecule has 1 unspecified atom stereocenters. The lowest BCUT2D eigenvalue weighted by Gasteiger charge is -2.17. The van der Waals surface area contributed by atoms with Gasteiger partial charge in [-0.3, -0.25) is 4.79 Å². The third-order valence-electron chi connectivity index (χ3n) is 4.27. The number of likely N-dealkylation sites (tertiary alicyclic amines) is 1. The van der Waals surface area contributed by atoms with E-state index in [1.807, 2.05) is 41.3 Å².